The summed E-state index contributed by atoms with van der Waals surface area (Å²) >= 11 is 1.54. The number of nitrogens with one attached hydrogen (secondary N) is 1. The lowest BCUT2D eigenvalue weighted by Crippen LogP contribution is -2.38. The van der Waals surface area contributed by atoms with Gasteiger partial charge in [-0.25, -0.2) is 4.68 Å². The van der Waals surface area contributed by atoms with Crippen molar-refractivity contribution in [3.8, 4) is 5.69 Å². The summed E-state index contributed by atoms with van der Waals surface area (Å²) in [6.07, 6.45) is 0.271. The van der Waals surface area contributed by atoms with Crippen LogP contribution in [-0.4, -0.2) is 33.0 Å². The number of aromatic nitrogens is 2. The number of rotatable bonds is 8. The van der Waals surface area contributed by atoms with Crippen LogP contribution in [0.15, 0.2) is 78.2 Å². The number of hydrogen-bond acceptors (Lipinski definition) is 4. The SMILES string of the molecule is Cc1ccccc1-n1nc(C(C)(C)C)cc1NC(=O)CN(Cc1ccccc1)C(=O)Cc1cccs1. The Hall–Kier alpha value is -3.71. The van der Waals surface area contributed by atoms with Gasteiger partial charge < -0.3 is 10.2 Å². The summed E-state index contributed by atoms with van der Waals surface area (Å²) < 4.78 is 1.78. The fourth-order valence-electron chi connectivity index (χ4n) is 3.89. The molecular weight excluding hydrogens is 468 g/mol. The number of thiophene rings is 1. The number of carbonyl (C=O) groups is 2. The van der Waals surface area contributed by atoms with E-state index in [4.69, 9.17) is 5.10 Å². The highest BCUT2D eigenvalue weighted by Gasteiger charge is 2.24. The van der Waals surface area contributed by atoms with Gasteiger partial charge in [-0.15, -0.1) is 11.3 Å². The maximum atomic E-state index is 13.3. The van der Waals surface area contributed by atoms with Crippen molar-refractivity contribution in [3.05, 3.63) is 99.9 Å². The van der Waals surface area contributed by atoms with E-state index >= 15 is 0 Å². The van der Waals surface area contributed by atoms with Crippen molar-refractivity contribution in [2.75, 3.05) is 11.9 Å². The van der Waals surface area contributed by atoms with Crippen molar-refractivity contribution in [1.29, 1.82) is 0 Å². The Kier molecular flexibility index (Phi) is 7.70. The number of nitrogens with zero attached hydrogens (tertiary/aromatic N) is 3. The number of amides is 2. The van der Waals surface area contributed by atoms with Gasteiger partial charge in [0.15, 0.2) is 0 Å². The summed E-state index contributed by atoms with van der Waals surface area (Å²) in [5.74, 6) is 0.240. The molecule has 2 amide bonds. The molecular formula is C29H32N4O2S. The van der Waals surface area contributed by atoms with E-state index < -0.39 is 0 Å². The quantitative estimate of drug-likeness (QED) is 0.335. The van der Waals surface area contributed by atoms with Gasteiger partial charge in [0.25, 0.3) is 0 Å². The van der Waals surface area contributed by atoms with Crippen LogP contribution in [0.25, 0.3) is 5.69 Å². The van der Waals surface area contributed by atoms with Crippen molar-refractivity contribution >= 4 is 29.0 Å². The molecule has 0 fully saturated rings. The Labute approximate surface area is 216 Å². The highest BCUT2D eigenvalue weighted by Crippen LogP contribution is 2.27. The van der Waals surface area contributed by atoms with Crippen LogP contribution in [0.5, 0.6) is 0 Å². The largest absolute Gasteiger partial charge is 0.329 e. The first-order chi connectivity index (χ1) is 17.2. The Balaban J connectivity index is 1.58. The van der Waals surface area contributed by atoms with Gasteiger partial charge in [0.1, 0.15) is 12.4 Å². The van der Waals surface area contributed by atoms with Gasteiger partial charge >= 0.3 is 0 Å². The van der Waals surface area contributed by atoms with Gasteiger partial charge in [-0.3, -0.25) is 9.59 Å². The Morgan fingerprint density at radius 3 is 2.39 bits per heavy atom. The van der Waals surface area contributed by atoms with Crippen LogP contribution in [-0.2, 0) is 28.0 Å². The molecule has 0 aliphatic rings. The van der Waals surface area contributed by atoms with Crippen LogP contribution in [0.4, 0.5) is 5.82 Å². The summed E-state index contributed by atoms with van der Waals surface area (Å²) in [6.45, 7) is 8.60. The van der Waals surface area contributed by atoms with Gasteiger partial charge in [-0.1, -0.05) is 75.4 Å². The van der Waals surface area contributed by atoms with Crippen molar-refractivity contribution < 1.29 is 9.59 Å². The topological polar surface area (TPSA) is 67.2 Å². The third-order valence-electron chi connectivity index (χ3n) is 5.90. The zero-order valence-corrected chi connectivity index (χ0v) is 22.0. The number of hydrogen-bond donors (Lipinski definition) is 1. The van der Waals surface area contributed by atoms with Crippen LogP contribution in [0.1, 0.15) is 42.5 Å². The summed E-state index contributed by atoms with van der Waals surface area (Å²) in [5.41, 5.74) is 3.61. The molecule has 7 heteroatoms. The highest BCUT2D eigenvalue weighted by molar-refractivity contribution is 7.10. The number of carbonyl (C=O) groups excluding carboxylic acids is 2. The molecule has 4 rings (SSSR count). The molecule has 2 aromatic heterocycles. The smallest absolute Gasteiger partial charge is 0.245 e. The molecule has 2 aromatic carbocycles. The number of anilines is 1. The summed E-state index contributed by atoms with van der Waals surface area (Å²) in [4.78, 5) is 29.1. The maximum absolute atomic E-state index is 13.3. The molecule has 1 N–H and O–H groups in total. The minimum Gasteiger partial charge on any atom is -0.329 e. The maximum Gasteiger partial charge on any atom is 0.245 e. The van der Waals surface area contributed by atoms with E-state index in [0.29, 0.717) is 12.4 Å². The number of para-hydroxylation sites is 1. The van der Waals surface area contributed by atoms with Gasteiger partial charge in [-0.05, 0) is 35.6 Å². The van der Waals surface area contributed by atoms with E-state index in [1.54, 1.807) is 20.9 Å². The second-order valence-corrected chi connectivity index (χ2v) is 10.9. The third-order valence-corrected chi connectivity index (χ3v) is 6.77. The summed E-state index contributed by atoms with van der Waals surface area (Å²) in [7, 11) is 0. The normalized spacial score (nSPS) is 11.3. The van der Waals surface area contributed by atoms with Crippen molar-refractivity contribution in [2.24, 2.45) is 0 Å². The lowest BCUT2D eigenvalue weighted by molar-refractivity contribution is -0.134. The van der Waals surface area contributed by atoms with Gasteiger partial charge in [-0.2, -0.15) is 5.10 Å². The van der Waals surface area contributed by atoms with Crippen molar-refractivity contribution in [1.82, 2.24) is 14.7 Å². The molecule has 4 aromatic rings. The molecule has 0 saturated carbocycles. The molecule has 0 saturated heterocycles. The molecule has 0 spiro atoms. The van der Waals surface area contributed by atoms with E-state index in [0.717, 1.165) is 27.4 Å². The second kappa shape index (κ2) is 10.9. The molecule has 0 aliphatic heterocycles. The second-order valence-electron chi connectivity index (χ2n) is 9.90. The molecule has 0 unspecified atom stereocenters. The first kappa shape index (κ1) is 25.4. The lowest BCUT2D eigenvalue weighted by Gasteiger charge is -2.22. The van der Waals surface area contributed by atoms with Crippen molar-refractivity contribution in [2.45, 2.75) is 46.1 Å². The molecule has 0 radical (unpaired) electrons. The van der Waals surface area contributed by atoms with E-state index in [9.17, 15) is 9.59 Å². The first-order valence-corrected chi connectivity index (χ1v) is 12.9. The molecule has 186 valence electrons. The van der Waals surface area contributed by atoms with E-state index in [1.807, 2.05) is 85.1 Å². The summed E-state index contributed by atoms with van der Waals surface area (Å²) in [5, 5.41) is 9.80. The lowest BCUT2D eigenvalue weighted by atomic mass is 9.92. The van der Waals surface area contributed by atoms with Crippen LogP contribution in [0.2, 0.25) is 0 Å². The van der Waals surface area contributed by atoms with Crippen LogP contribution >= 0.6 is 11.3 Å². The van der Waals surface area contributed by atoms with Crippen molar-refractivity contribution in [3.63, 3.8) is 0 Å². The van der Waals surface area contributed by atoms with Gasteiger partial charge in [0, 0.05) is 22.9 Å². The highest BCUT2D eigenvalue weighted by atomic mass is 32.1. The zero-order valence-electron chi connectivity index (χ0n) is 21.2. The van der Waals surface area contributed by atoms with Crippen LogP contribution in [0.3, 0.4) is 0 Å². The number of benzene rings is 2. The zero-order chi connectivity index (χ0) is 25.7. The Morgan fingerprint density at radius 2 is 1.72 bits per heavy atom. The molecule has 2 heterocycles. The molecule has 0 atom stereocenters. The fourth-order valence-corrected chi connectivity index (χ4v) is 4.58. The average molecular weight is 501 g/mol. The standard InChI is InChI=1S/C29H32N4O2S/c1-21-11-8-9-15-24(21)33-26(18-25(31-33)29(2,3)4)30-27(34)20-32(19-22-12-6-5-7-13-22)28(35)17-23-14-10-16-36-23/h5-16,18H,17,19-20H2,1-4H3,(H,30,34). The number of aryl methyl sites for hydroxylation is 1. The summed E-state index contributed by atoms with van der Waals surface area (Å²) in [6, 6.07) is 23.5. The average Bonchev–Trinajstić information content (AvgIpc) is 3.50. The minimum atomic E-state index is -0.263. The minimum absolute atomic E-state index is 0.0527. The van der Waals surface area contributed by atoms with Crippen LogP contribution < -0.4 is 5.32 Å². The molecule has 36 heavy (non-hydrogen) atoms. The van der Waals surface area contributed by atoms with E-state index in [1.165, 1.54) is 0 Å². The predicted molar refractivity (Wildman–Crippen MR) is 146 cm³/mol. The Bertz CT molecular complexity index is 1320. The third kappa shape index (κ3) is 6.29. The molecule has 6 nitrogen and oxygen atoms in total. The molecule has 0 bridgehead atoms. The van der Waals surface area contributed by atoms with Gasteiger partial charge in [0.2, 0.25) is 11.8 Å². The first-order valence-electron chi connectivity index (χ1n) is 12.0. The van der Waals surface area contributed by atoms with Crippen LogP contribution in [0, 0.1) is 6.92 Å². The molecule has 0 aliphatic carbocycles. The predicted octanol–water partition coefficient (Wildman–Crippen LogP) is 5.75. The monoisotopic (exact) mass is 500 g/mol. The van der Waals surface area contributed by atoms with E-state index in [2.05, 4.69) is 26.1 Å². The van der Waals surface area contributed by atoms with E-state index in [-0.39, 0.29) is 30.2 Å². The Morgan fingerprint density at radius 1 is 1.00 bits per heavy atom. The fraction of sp³-hybridized carbons (Fsp3) is 0.276. The van der Waals surface area contributed by atoms with Gasteiger partial charge in [0.05, 0.1) is 17.8 Å².